The van der Waals surface area contributed by atoms with E-state index >= 15 is 0 Å². The van der Waals surface area contributed by atoms with Crippen LogP contribution in [0.2, 0.25) is 0 Å². The number of benzene rings is 3. The number of amidine groups is 1. The molecule has 0 spiro atoms. The molecule has 0 bridgehead atoms. The van der Waals surface area contributed by atoms with Crippen LogP contribution in [0.25, 0.3) is 0 Å². The van der Waals surface area contributed by atoms with E-state index in [1.807, 2.05) is 43.3 Å². The van der Waals surface area contributed by atoms with Gasteiger partial charge in [-0.05, 0) is 67.6 Å². The summed E-state index contributed by atoms with van der Waals surface area (Å²) in [7, 11) is 3.18. The van der Waals surface area contributed by atoms with Crippen LogP contribution in [-0.4, -0.2) is 32.4 Å². The first-order valence-electron chi connectivity index (χ1n) is 9.81. The molecule has 1 N–H and O–H groups in total. The normalized spacial score (nSPS) is 12.6. The van der Waals surface area contributed by atoms with Crippen LogP contribution >= 0.6 is 0 Å². The van der Waals surface area contributed by atoms with E-state index in [1.165, 1.54) is 12.1 Å². The fraction of sp³-hybridized carbons (Fsp3) is 0.167. The highest BCUT2D eigenvalue weighted by Gasteiger charge is 2.20. The maximum atomic E-state index is 13.4. The zero-order chi connectivity index (χ0) is 21.8. The lowest BCUT2D eigenvalue weighted by Crippen LogP contribution is -2.19. The summed E-state index contributed by atoms with van der Waals surface area (Å²) in [4.78, 5) is 4.75. The largest absolute Gasteiger partial charge is 0.494 e. The van der Waals surface area contributed by atoms with Crippen LogP contribution in [0.5, 0.6) is 17.2 Å². The first-order chi connectivity index (χ1) is 15.1. The lowest BCUT2D eigenvalue weighted by molar-refractivity contribution is 0.340. The first kappa shape index (κ1) is 20.4. The molecule has 3 aromatic carbocycles. The maximum absolute atomic E-state index is 13.4. The summed E-state index contributed by atoms with van der Waals surface area (Å²) in [5.41, 5.74) is 6.74. The van der Waals surface area contributed by atoms with Gasteiger partial charge >= 0.3 is 0 Å². The molecule has 0 saturated carbocycles. The molecule has 4 rings (SSSR count). The van der Waals surface area contributed by atoms with Crippen LogP contribution in [0.1, 0.15) is 23.6 Å². The van der Waals surface area contributed by atoms with E-state index in [0.717, 1.165) is 22.4 Å². The average molecular weight is 419 g/mol. The van der Waals surface area contributed by atoms with E-state index < -0.39 is 0 Å². The number of hydrogen-bond donors (Lipinski definition) is 1. The summed E-state index contributed by atoms with van der Waals surface area (Å²) in [5, 5.41) is 4.64. The van der Waals surface area contributed by atoms with Crippen molar-refractivity contribution in [1.29, 1.82) is 0 Å². The highest BCUT2D eigenvalue weighted by atomic mass is 19.1. The average Bonchev–Trinajstić information content (AvgIpc) is 2.99. The van der Waals surface area contributed by atoms with Gasteiger partial charge in [-0.3, -0.25) is 5.43 Å². The summed E-state index contributed by atoms with van der Waals surface area (Å²) < 4.78 is 29.9. The monoisotopic (exact) mass is 419 g/mol. The fourth-order valence-corrected chi connectivity index (χ4v) is 3.31. The van der Waals surface area contributed by atoms with E-state index in [-0.39, 0.29) is 5.82 Å². The Hall–Kier alpha value is -3.87. The molecule has 0 aliphatic carbocycles. The number of nitrogens with one attached hydrogen (secondary N) is 1. The van der Waals surface area contributed by atoms with Gasteiger partial charge in [0.25, 0.3) is 0 Å². The van der Waals surface area contributed by atoms with Crippen molar-refractivity contribution < 1.29 is 18.6 Å². The number of hydrogen-bond acceptors (Lipinski definition) is 6. The third-order valence-electron chi connectivity index (χ3n) is 4.81. The van der Waals surface area contributed by atoms with Gasteiger partial charge in [-0.2, -0.15) is 5.10 Å². The summed E-state index contributed by atoms with van der Waals surface area (Å²) in [6, 6.07) is 17.4. The molecule has 0 fully saturated rings. The molecular formula is C24H22FN3O3. The predicted octanol–water partition coefficient (Wildman–Crippen LogP) is 4.68. The van der Waals surface area contributed by atoms with Crippen LogP contribution in [-0.2, 0) is 0 Å². The summed E-state index contributed by atoms with van der Waals surface area (Å²) in [6.45, 7) is 2.48. The predicted molar refractivity (Wildman–Crippen MR) is 119 cm³/mol. The Bertz CT molecular complexity index is 1160. The maximum Gasteiger partial charge on any atom is 0.161 e. The van der Waals surface area contributed by atoms with Crippen molar-refractivity contribution in [3.05, 3.63) is 83.2 Å². The molecule has 0 amide bonds. The van der Waals surface area contributed by atoms with Crippen molar-refractivity contribution in [3.8, 4) is 17.2 Å². The number of aliphatic imine (C=N–C) groups is 1. The Kier molecular flexibility index (Phi) is 5.84. The van der Waals surface area contributed by atoms with Crippen LogP contribution in [0, 0.1) is 5.82 Å². The summed E-state index contributed by atoms with van der Waals surface area (Å²) in [6.07, 6.45) is 0. The van der Waals surface area contributed by atoms with E-state index in [2.05, 4.69) is 10.5 Å². The number of nitrogens with zero attached hydrogens (tertiary/aromatic N) is 2. The highest BCUT2D eigenvalue weighted by molar-refractivity contribution is 6.18. The minimum absolute atomic E-state index is 0.311. The third kappa shape index (κ3) is 4.21. The second kappa shape index (κ2) is 8.87. The van der Waals surface area contributed by atoms with E-state index in [0.29, 0.717) is 35.3 Å². The molecule has 0 atom stereocenters. The Labute approximate surface area is 180 Å². The topological polar surface area (TPSA) is 64.4 Å². The van der Waals surface area contributed by atoms with Gasteiger partial charge in [0.15, 0.2) is 17.3 Å². The van der Waals surface area contributed by atoms with Gasteiger partial charge in [0.2, 0.25) is 0 Å². The zero-order valence-electron chi connectivity index (χ0n) is 17.5. The lowest BCUT2D eigenvalue weighted by Gasteiger charge is -2.13. The fourth-order valence-electron chi connectivity index (χ4n) is 3.31. The minimum atomic E-state index is -0.311. The quantitative estimate of drug-likeness (QED) is 0.630. The standard InChI is InChI=1S/C24H22FN3O3/c1-4-31-18-10-11-20-19(14-18)23(16-7-12-21(29-2)22(13-16)30-3)27-28-24(26-20)15-5-8-17(25)9-6-15/h5-14H,4H2,1-3H3,(H,26,28). The van der Waals surface area contributed by atoms with Gasteiger partial charge < -0.3 is 14.2 Å². The van der Waals surface area contributed by atoms with Crippen molar-refractivity contribution >= 4 is 17.2 Å². The molecule has 31 heavy (non-hydrogen) atoms. The van der Waals surface area contributed by atoms with Crippen molar-refractivity contribution in [3.63, 3.8) is 0 Å². The van der Waals surface area contributed by atoms with Gasteiger partial charge in [0, 0.05) is 16.7 Å². The second-order valence-electron chi connectivity index (χ2n) is 6.72. The highest BCUT2D eigenvalue weighted by Crippen LogP contribution is 2.33. The van der Waals surface area contributed by atoms with Crippen molar-refractivity contribution in [1.82, 2.24) is 5.43 Å². The molecule has 0 radical (unpaired) electrons. The Balaban J connectivity index is 1.85. The van der Waals surface area contributed by atoms with Gasteiger partial charge in [0.05, 0.1) is 26.5 Å². The van der Waals surface area contributed by atoms with E-state index in [4.69, 9.17) is 19.2 Å². The molecular weight excluding hydrogens is 397 g/mol. The number of methoxy groups -OCH3 is 2. The third-order valence-corrected chi connectivity index (χ3v) is 4.81. The second-order valence-corrected chi connectivity index (χ2v) is 6.72. The molecule has 1 aliphatic rings. The molecule has 0 unspecified atom stereocenters. The van der Waals surface area contributed by atoms with Crippen molar-refractivity contribution in [2.24, 2.45) is 10.1 Å². The van der Waals surface area contributed by atoms with Crippen molar-refractivity contribution in [2.75, 3.05) is 20.8 Å². The number of hydrazone groups is 1. The van der Waals surface area contributed by atoms with E-state index in [1.54, 1.807) is 26.4 Å². The molecule has 0 aromatic heterocycles. The number of fused-ring (bicyclic) bond motifs is 1. The van der Waals surface area contributed by atoms with Gasteiger partial charge in [-0.15, -0.1) is 0 Å². The number of ether oxygens (including phenoxy) is 3. The summed E-state index contributed by atoms with van der Waals surface area (Å²) in [5.74, 6) is 2.14. The lowest BCUT2D eigenvalue weighted by atomic mass is 10.00. The molecule has 1 aliphatic heterocycles. The minimum Gasteiger partial charge on any atom is -0.494 e. The van der Waals surface area contributed by atoms with Gasteiger partial charge in [-0.1, -0.05) is 0 Å². The van der Waals surface area contributed by atoms with E-state index in [9.17, 15) is 4.39 Å². The zero-order valence-corrected chi connectivity index (χ0v) is 17.5. The molecule has 1 heterocycles. The van der Waals surface area contributed by atoms with Gasteiger partial charge in [0.1, 0.15) is 17.3 Å². The molecule has 158 valence electrons. The summed E-state index contributed by atoms with van der Waals surface area (Å²) >= 11 is 0. The Morgan fingerprint density at radius 1 is 0.871 bits per heavy atom. The molecule has 3 aromatic rings. The number of rotatable bonds is 6. The van der Waals surface area contributed by atoms with Gasteiger partial charge in [-0.25, -0.2) is 9.38 Å². The number of halogens is 1. The smallest absolute Gasteiger partial charge is 0.161 e. The van der Waals surface area contributed by atoms with Crippen LogP contribution in [0.3, 0.4) is 0 Å². The molecule has 7 heteroatoms. The van der Waals surface area contributed by atoms with Crippen molar-refractivity contribution in [2.45, 2.75) is 6.92 Å². The first-order valence-corrected chi connectivity index (χ1v) is 9.81. The molecule has 0 saturated heterocycles. The Morgan fingerprint density at radius 2 is 1.61 bits per heavy atom. The van der Waals surface area contributed by atoms with Crippen LogP contribution < -0.4 is 19.6 Å². The molecule has 6 nitrogen and oxygen atoms in total. The van der Waals surface area contributed by atoms with Crippen LogP contribution in [0.4, 0.5) is 10.1 Å². The van der Waals surface area contributed by atoms with Crippen LogP contribution in [0.15, 0.2) is 70.8 Å². The Morgan fingerprint density at radius 3 is 2.32 bits per heavy atom. The SMILES string of the molecule is CCOc1ccc2c(c1)C(c1ccc(OC)c(OC)c1)=NNC(c1ccc(F)cc1)=N2.